The number of amides is 2. The minimum absolute atomic E-state index is 0.0650. The Morgan fingerprint density at radius 2 is 2.14 bits per heavy atom. The van der Waals surface area contributed by atoms with Gasteiger partial charge in [0.05, 0.1) is 22.9 Å². The molecule has 0 aromatic carbocycles. The second kappa shape index (κ2) is 4.92. The first-order valence-electron chi connectivity index (χ1n) is 6.70. The van der Waals surface area contributed by atoms with E-state index in [0.29, 0.717) is 21.7 Å². The van der Waals surface area contributed by atoms with Crippen molar-refractivity contribution in [3.8, 4) is 0 Å². The number of thiophene rings is 1. The number of nitrogens with two attached hydrogens (primary N) is 1. The number of fused-ring (bicyclic) bond motifs is 1. The third-order valence-corrected chi connectivity index (χ3v) is 5.24. The van der Waals surface area contributed by atoms with Crippen LogP contribution in [0, 0.1) is 5.92 Å². The van der Waals surface area contributed by atoms with Crippen LogP contribution in [-0.4, -0.2) is 45.0 Å². The summed E-state index contributed by atoms with van der Waals surface area (Å²) in [6, 6.07) is 2.84. The van der Waals surface area contributed by atoms with Crippen molar-refractivity contribution in [2.45, 2.75) is 25.5 Å². The zero-order valence-electron chi connectivity index (χ0n) is 11.6. The predicted molar refractivity (Wildman–Crippen MR) is 77.8 cm³/mol. The molecule has 8 heteroatoms. The fraction of sp³-hybridized carbons (Fsp3) is 0.357. The minimum atomic E-state index is -1.19. The van der Waals surface area contributed by atoms with Crippen LogP contribution < -0.4 is 5.73 Å². The summed E-state index contributed by atoms with van der Waals surface area (Å²) < 4.78 is 0. The van der Waals surface area contributed by atoms with Crippen LogP contribution in [-0.2, 0) is 9.59 Å². The number of rotatable bonds is 4. The molecule has 2 aliphatic rings. The largest absolute Gasteiger partial charge is 0.477 e. The van der Waals surface area contributed by atoms with Crippen LogP contribution in [0.3, 0.4) is 0 Å². The first kappa shape index (κ1) is 14.7. The number of carboxylic acid groups (broad SMARTS) is 1. The number of nitrogens with zero attached hydrogens (tertiary/aromatic N) is 1. The average Bonchev–Trinajstić information content (AvgIpc) is 2.99. The summed E-state index contributed by atoms with van der Waals surface area (Å²) in [7, 11) is 0. The average molecular weight is 322 g/mol. The van der Waals surface area contributed by atoms with E-state index in [9.17, 15) is 24.6 Å². The summed E-state index contributed by atoms with van der Waals surface area (Å²) in [5.74, 6) is -2.72. The van der Waals surface area contributed by atoms with Crippen LogP contribution >= 0.6 is 11.3 Å². The molecule has 0 bridgehead atoms. The highest BCUT2D eigenvalue weighted by molar-refractivity contribution is 7.15. The van der Waals surface area contributed by atoms with Gasteiger partial charge in [0, 0.05) is 10.5 Å². The van der Waals surface area contributed by atoms with Crippen molar-refractivity contribution < 1.29 is 24.6 Å². The number of aliphatic hydroxyl groups excluding tert-OH is 1. The van der Waals surface area contributed by atoms with Gasteiger partial charge in [-0.15, -0.1) is 11.3 Å². The van der Waals surface area contributed by atoms with E-state index in [1.807, 2.05) is 0 Å². The first-order valence-corrected chi connectivity index (χ1v) is 7.52. The highest BCUT2D eigenvalue weighted by Crippen LogP contribution is 2.47. The van der Waals surface area contributed by atoms with E-state index in [4.69, 9.17) is 5.73 Å². The maximum Gasteiger partial charge on any atom is 0.352 e. The second-order valence-corrected chi connectivity index (χ2v) is 6.49. The lowest BCUT2D eigenvalue weighted by atomic mass is 9.83. The third kappa shape index (κ3) is 1.95. The molecule has 1 saturated heterocycles. The standard InChI is InChI=1S/C14H14N2O5S/c1-5(17)10-7-4-6(8-2-3-9(22-8)12(15)18)11(14(20)21)16(7)13(10)19/h2-3,5,7,10,17H,4H2,1H3,(H2,15,18)(H,20,21)/t5-,7-,10-/m1/s1. The Bertz CT molecular complexity index is 721. The van der Waals surface area contributed by atoms with Crippen molar-refractivity contribution in [3.63, 3.8) is 0 Å². The molecule has 0 spiro atoms. The number of carbonyl (C=O) groups excluding carboxylic acids is 2. The number of aliphatic hydroxyl groups is 1. The summed E-state index contributed by atoms with van der Waals surface area (Å²) in [5.41, 5.74) is 5.65. The molecule has 2 amide bonds. The Labute approximate surface area is 129 Å². The monoisotopic (exact) mass is 322 g/mol. The molecule has 0 saturated carbocycles. The van der Waals surface area contributed by atoms with Crippen LogP contribution in [0.15, 0.2) is 17.8 Å². The highest BCUT2D eigenvalue weighted by atomic mass is 32.1. The molecule has 0 aliphatic carbocycles. The number of hydrogen-bond donors (Lipinski definition) is 3. The molecule has 7 nitrogen and oxygen atoms in total. The summed E-state index contributed by atoms with van der Waals surface area (Å²) in [5, 5.41) is 19.1. The third-order valence-electron chi connectivity index (χ3n) is 4.08. The number of hydrogen-bond acceptors (Lipinski definition) is 5. The van der Waals surface area contributed by atoms with E-state index >= 15 is 0 Å². The normalized spacial score (nSPS) is 25.0. The number of carboxylic acids is 1. The lowest BCUT2D eigenvalue weighted by molar-refractivity contribution is -0.161. The Morgan fingerprint density at radius 3 is 2.64 bits per heavy atom. The number of β-lactam (4-membered cyclic amide) rings is 1. The molecule has 116 valence electrons. The maximum atomic E-state index is 12.1. The number of primary amides is 1. The predicted octanol–water partition coefficient (Wildman–Crippen LogP) is 0.254. The lowest BCUT2D eigenvalue weighted by Gasteiger charge is -2.44. The van der Waals surface area contributed by atoms with Crippen molar-refractivity contribution in [1.29, 1.82) is 0 Å². The van der Waals surface area contributed by atoms with Crippen molar-refractivity contribution >= 4 is 34.7 Å². The Morgan fingerprint density at radius 1 is 1.45 bits per heavy atom. The summed E-state index contributed by atoms with van der Waals surface area (Å²) >= 11 is 1.11. The molecule has 1 aromatic rings. The van der Waals surface area contributed by atoms with Gasteiger partial charge in [0.15, 0.2) is 0 Å². The Kier molecular flexibility index (Phi) is 3.30. The van der Waals surface area contributed by atoms with E-state index in [2.05, 4.69) is 0 Å². The van der Waals surface area contributed by atoms with Gasteiger partial charge in [-0.3, -0.25) is 9.59 Å². The summed E-state index contributed by atoms with van der Waals surface area (Å²) in [4.78, 5) is 37.0. The minimum Gasteiger partial charge on any atom is -0.477 e. The summed E-state index contributed by atoms with van der Waals surface area (Å²) in [6.07, 6.45) is -0.477. The molecule has 4 N–H and O–H groups in total. The van der Waals surface area contributed by atoms with Gasteiger partial charge in [-0.25, -0.2) is 4.79 Å². The van der Waals surface area contributed by atoms with Gasteiger partial charge >= 0.3 is 5.97 Å². The number of carbonyl (C=O) groups is 3. The molecule has 3 rings (SSSR count). The molecule has 1 fully saturated rings. The first-order chi connectivity index (χ1) is 10.3. The fourth-order valence-electron chi connectivity index (χ4n) is 3.12. The van der Waals surface area contributed by atoms with Crippen LogP contribution in [0.25, 0.3) is 5.57 Å². The Balaban J connectivity index is 2.01. The van der Waals surface area contributed by atoms with Gasteiger partial charge < -0.3 is 20.8 Å². The maximum absolute atomic E-state index is 12.1. The molecule has 0 radical (unpaired) electrons. The molecule has 22 heavy (non-hydrogen) atoms. The van der Waals surface area contributed by atoms with Crippen molar-refractivity contribution in [2.75, 3.05) is 0 Å². The van der Waals surface area contributed by atoms with Gasteiger partial charge in [-0.2, -0.15) is 0 Å². The quantitative estimate of drug-likeness (QED) is 0.686. The van der Waals surface area contributed by atoms with Crippen molar-refractivity contribution in [3.05, 3.63) is 27.6 Å². The summed E-state index contributed by atoms with van der Waals surface area (Å²) in [6.45, 7) is 1.52. The van der Waals surface area contributed by atoms with Gasteiger partial charge in [-0.05, 0) is 25.5 Å². The van der Waals surface area contributed by atoms with E-state index < -0.39 is 23.9 Å². The molecular formula is C14H14N2O5S. The van der Waals surface area contributed by atoms with Crippen LogP contribution in [0.1, 0.15) is 27.9 Å². The van der Waals surface area contributed by atoms with Crippen molar-refractivity contribution in [1.82, 2.24) is 4.90 Å². The zero-order chi connectivity index (χ0) is 16.2. The highest BCUT2D eigenvalue weighted by Gasteiger charge is 2.56. The van der Waals surface area contributed by atoms with Crippen LogP contribution in [0.2, 0.25) is 0 Å². The second-order valence-electron chi connectivity index (χ2n) is 5.41. The van der Waals surface area contributed by atoms with Gasteiger partial charge in [-0.1, -0.05) is 0 Å². The topological polar surface area (TPSA) is 121 Å². The van der Waals surface area contributed by atoms with Crippen molar-refractivity contribution in [2.24, 2.45) is 11.7 Å². The molecule has 2 aliphatic heterocycles. The fourth-order valence-corrected chi connectivity index (χ4v) is 4.04. The molecule has 1 aromatic heterocycles. The SMILES string of the molecule is C[C@@H](O)[C@H]1C(=O)N2C(C(=O)O)=C(c3ccc(C(N)=O)s3)C[C@H]12. The van der Waals surface area contributed by atoms with E-state index in [-0.39, 0.29) is 17.6 Å². The van der Waals surface area contributed by atoms with Crippen LogP contribution in [0.5, 0.6) is 0 Å². The molecule has 0 unspecified atom stereocenters. The molecular weight excluding hydrogens is 308 g/mol. The van der Waals surface area contributed by atoms with Gasteiger partial charge in [0.25, 0.3) is 5.91 Å². The van der Waals surface area contributed by atoms with Gasteiger partial charge in [0.2, 0.25) is 5.91 Å². The van der Waals surface area contributed by atoms with Gasteiger partial charge in [0.1, 0.15) is 5.70 Å². The van der Waals surface area contributed by atoms with Crippen LogP contribution in [0.4, 0.5) is 0 Å². The van der Waals surface area contributed by atoms with E-state index in [0.717, 1.165) is 11.3 Å². The molecule has 3 atom stereocenters. The molecule has 3 heterocycles. The van der Waals surface area contributed by atoms with E-state index in [1.165, 1.54) is 11.8 Å². The Hall–Kier alpha value is -2.19. The zero-order valence-corrected chi connectivity index (χ0v) is 12.5. The number of aliphatic carboxylic acids is 1. The van der Waals surface area contributed by atoms with E-state index in [1.54, 1.807) is 12.1 Å². The smallest absolute Gasteiger partial charge is 0.352 e. The lowest BCUT2D eigenvalue weighted by Crippen LogP contribution is -2.61.